The number of rotatable bonds is 12. The maximum Gasteiger partial charge on any atom is 0.420 e. The lowest BCUT2D eigenvalue weighted by Gasteiger charge is -2.26. The van der Waals surface area contributed by atoms with Crippen LogP contribution in [-0.4, -0.2) is 59.4 Å². The van der Waals surface area contributed by atoms with Gasteiger partial charge in [0, 0.05) is 12.5 Å². The van der Waals surface area contributed by atoms with Crippen LogP contribution in [0.4, 0.5) is 14.4 Å². The molecule has 1 atom stereocenters. The van der Waals surface area contributed by atoms with Gasteiger partial charge in [0.25, 0.3) is 0 Å². The Hall–Kier alpha value is -6.17. The second kappa shape index (κ2) is 16.6. The smallest absolute Gasteiger partial charge is 0.420 e. The van der Waals surface area contributed by atoms with Crippen molar-refractivity contribution in [2.75, 3.05) is 13.2 Å². The molecule has 12 heteroatoms. The molecule has 49 heavy (non-hydrogen) atoms. The molecule has 0 aromatic heterocycles. The van der Waals surface area contributed by atoms with E-state index >= 15 is 0 Å². The molecule has 252 valence electrons. The number of hydrogen-bond donors (Lipinski definition) is 3. The average molecular weight is 665 g/mol. The minimum atomic E-state index is -1.64. The normalized spacial score (nSPS) is 12.6. The minimum absolute atomic E-state index is 0.0217. The molecule has 3 amide bonds. The van der Waals surface area contributed by atoms with E-state index in [4.69, 9.17) is 19.9 Å². The summed E-state index contributed by atoms with van der Waals surface area (Å²) in [6.07, 6.45) is -3.25. The number of aliphatic imine (C=N–C) groups is 1. The van der Waals surface area contributed by atoms with Crippen LogP contribution in [0.1, 0.15) is 41.0 Å². The molecule has 0 spiro atoms. The summed E-state index contributed by atoms with van der Waals surface area (Å²) in [7, 11) is 0. The average Bonchev–Trinajstić information content (AvgIpc) is 3.44. The second-order valence-electron chi connectivity index (χ2n) is 11.2. The number of carbonyl (C=O) groups is 4. The van der Waals surface area contributed by atoms with E-state index < -0.39 is 30.3 Å². The summed E-state index contributed by atoms with van der Waals surface area (Å²) in [6, 6.07) is 31.7. The third-order valence-corrected chi connectivity index (χ3v) is 7.89. The molecular formula is C37H36N4O8. The molecule has 0 fully saturated rings. The fourth-order valence-electron chi connectivity index (χ4n) is 5.53. The number of aliphatic carboxylic acids is 1. The van der Waals surface area contributed by atoms with Crippen LogP contribution >= 0.6 is 0 Å². The lowest BCUT2D eigenvalue weighted by atomic mass is 9.98. The molecule has 0 heterocycles. The first-order chi connectivity index (χ1) is 23.8. The predicted molar refractivity (Wildman–Crippen MR) is 180 cm³/mol. The monoisotopic (exact) mass is 664 g/mol. The predicted octanol–water partition coefficient (Wildman–Crippen LogP) is 6.05. The Morgan fingerprint density at radius 1 is 0.735 bits per heavy atom. The van der Waals surface area contributed by atoms with Gasteiger partial charge in [0.1, 0.15) is 25.9 Å². The van der Waals surface area contributed by atoms with Gasteiger partial charge < -0.3 is 25.1 Å². The third kappa shape index (κ3) is 9.01. The summed E-state index contributed by atoms with van der Waals surface area (Å²) < 4.78 is 16.2. The number of imide groups is 1. The van der Waals surface area contributed by atoms with Crippen molar-refractivity contribution >= 4 is 30.2 Å². The van der Waals surface area contributed by atoms with Gasteiger partial charge in [0.2, 0.25) is 0 Å². The van der Waals surface area contributed by atoms with Crippen LogP contribution in [0.3, 0.4) is 0 Å². The fourth-order valence-corrected chi connectivity index (χ4v) is 5.53. The molecular weight excluding hydrogens is 628 g/mol. The van der Waals surface area contributed by atoms with Crippen LogP contribution in [-0.2, 0) is 32.2 Å². The number of carboxylic acid groups (broad SMARTS) is 1. The second-order valence-corrected chi connectivity index (χ2v) is 11.2. The Kier molecular flexibility index (Phi) is 11.6. The van der Waals surface area contributed by atoms with Gasteiger partial charge in [-0.1, -0.05) is 109 Å². The molecule has 12 nitrogen and oxygen atoms in total. The molecule has 4 N–H and O–H groups in total. The maximum atomic E-state index is 13.6. The lowest BCUT2D eigenvalue weighted by molar-refractivity contribution is -0.142. The summed E-state index contributed by atoms with van der Waals surface area (Å²) in [4.78, 5) is 56.0. The quantitative estimate of drug-likeness (QED) is 0.0706. The molecule has 4 aromatic carbocycles. The van der Waals surface area contributed by atoms with Crippen molar-refractivity contribution in [3.05, 3.63) is 131 Å². The van der Waals surface area contributed by atoms with Crippen molar-refractivity contribution in [1.29, 1.82) is 0 Å². The number of guanidine groups is 1. The Labute approximate surface area is 283 Å². The molecule has 5 rings (SSSR count). The van der Waals surface area contributed by atoms with Gasteiger partial charge in [-0.3, -0.25) is 10.3 Å². The highest BCUT2D eigenvalue weighted by Crippen LogP contribution is 2.44. The molecule has 4 aromatic rings. The van der Waals surface area contributed by atoms with Crippen molar-refractivity contribution in [3.8, 4) is 11.1 Å². The molecule has 1 aliphatic rings. The van der Waals surface area contributed by atoms with Gasteiger partial charge in [0.15, 0.2) is 5.96 Å². The van der Waals surface area contributed by atoms with E-state index in [2.05, 4.69) is 10.3 Å². The summed E-state index contributed by atoms with van der Waals surface area (Å²) in [5.41, 5.74) is 11.2. The molecule has 0 unspecified atom stereocenters. The molecule has 0 radical (unpaired) electrons. The fraction of sp³-hybridized carbons (Fsp3) is 0.216. The van der Waals surface area contributed by atoms with E-state index in [9.17, 15) is 24.3 Å². The standard InChI is InChI=1S/C37H36N4O8/c38-34(40-35(44)47-22-25-12-3-1-4-13-25)39-21-11-20-32(33(42)43)41(36(45)48-23-26-14-5-2-6-15-26)37(46)49-24-31-29-18-9-7-16-27(29)28-17-8-10-19-30(28)31/h1-10,12-19,31-32H,11,20-24H2,(H,42,43)(H3,38,39,40,44)/t32-/m1/s1. The maximum absolute atomic E-state index is 13.6. The number of nitrogens with one attached hydrogen (secondary N) is 1. The zero-order chi connectivity index (χ0) is 34.6. The highest BCUT2D eigenvalue weighted by Gasteiger charge is 2.38. The van der Waals surface area contributed by atoms with Gasteiger partial charge in [-0.25, -0.2) is 19.2 Å². The summed E-state index contributed by atoms with van der Waals surface area (Å²) in [5, 5.41) is 12.5. The number of nitrogens with two attached hydrogens (primary N) is 1. The van der Waals surface area contributed by atoms with E-state index in [0.29, 0.717) is 10.5 Å². The number of alkyl carbamates (subject to hydrolysis) is 1. The summed E-state index contributed by atoms with van der Waals surface area (Å²) >= 11 is 0. The Morgan fingerprint density at radius 3 is 1.82 bits per heavy atom. The number of carboxylic acids is 1. The molecule has 0 bridgehead atoms. The van der Waals surface area contributed by atoms with E-state index in [-0.39, 0.29) is 51.1 Å². The zero-order valence-corrected chi connectivity index (χ0v) is 26.6. The van der Waals surface area contributed by atoms with Crippen molar-refractivity contribution in [3.63, 3.8) is 0 Å². The zero-order valence-electron chi connectivity index (χ0n) is 26.6. The highest BCUT2D eigenvalue weighted by molar-refractivity contribution is 5.94. The van der Waals surface area contributed by atoms with E-state index in [1.807, 2.05) is 66.7 Å². The topological polar surface area (TPSA) is 170 Å². The van der Waals surface area contributed by atoms with Gasteiger partial charge in [0.05, 0.1) is 0 Å². The highest BCUT2D eigenvalue weighted by atomic mass is 16.6. The first-order valence-corrected chi connectivity index (χ1v) is 15.7. The number of carbonyl (C=O) groups excluding carboxylic acids is 3. The van der Waals surface area contributed by atoms with Gasteiger partial charge in [-0.2, -0.15) is 4.90 Å². The summed E-state index contributed by atoms with van der Waals surface area (Å²) in [6.45, 7) is -0.306. The molecule has 0 saturated heterocycles. The lowest BCUT2D eigenvalue weighted by Crippen LogP contribution is -2.49. The Morgan fingerprint density at radius 2 is 1.24 bits per heavy atom. The van der Waals surface area contributed by atoms with Gasteiger partial charge >= 0.3 is 24.2 Å². The number of hydrogen-bond acceptors (Lipinski definition) is 8. The van der Waals surface area contributed by atoms with E-state index in [1.54, 1.807) is 42.5 Å². The SMILES string of the molecule is NC(=NCCC[C@H](C(=O)O)N(C(=O)OCc1ccccc1)C(=O)OCC1c2ccccc2-c2ccccc21)NC(=O)OCc1ccccc1. The Bertz CT molecular complexity index is 1750. The number of fused-ring (bicyclic) bond motifs is 3. The van der Waals surface area contributed by atoms with Crippen LogP contribution in [0.25, 0.3) is 11.1 Å². The van der Waals surface area contributed by atoms with Gasteiger partial charge in [-0.05, 0) is 46.2 Å². The van der Waals surface area contributed by atoms with Crippen LogP contribution in [0.15, 0.2) is 114 Å². The van der Waals surface area contributed by atoms with Crippen LogP contribution in [0.5, 0.6) is 0 Å². The van der Waals surface area contributed by atoms with E-state index in [0.717, 1.165) is 27.8 Å². The first-order valence-electron chi connectivity index (χ1n) is 15.7. The number of nitrogens with zero attached hydrogens (tertiary/aromatic N) is 2. The van der Waals surface area contributed by atoms with E-state index in [1.165, 1.54) is 0 Å². The molecule has 0 saturated carbocycles. The largest absolute Gasteiger partial charge is 0.480 e. The first kappa shape index (κ1) is 34.2. The molecule has 1 aliphatic carbocycles. The third-order valence-electron chi connectivity index (χ3n) is 7.89. The van der Waals surface area contributed by atoms with Crippen LogP contribution in [0.2, 0.25) is 0 Å². The number of benzene rings is 4. The number of amides is 3. The Balaban J connectivity index is 1.24. The molecule has 0 aliphatic heterocycles. The number of ether oxygens (including phenoxy) is 3. The minimum Gasteiger partial charge on any atom is -0.480 e. The van der Waals surface area contributed by atoms with Crippen molar-refractivity contribution in [2.24, 2.45) is 10.7 Å². The van der Waals surface area contributed by atoms with Crippen molar-refractivity contribution in [2.45, 2.75) is 38.0 Å². The van der Waals surface area contributed by atoms with Gasteiger partial charge in [-0.15, -0.1) is 0 Å². The van der Waals surface area contributed by atoms with Crippen molar-refractivity contribution < 1.29 is 38.5 Å². The van der Waals surface area contributed by atoms with Crippen LogP contribution in [0, 0.1) is 0 Å². The summed E-state index contributed by atoms with van der Waals surface area (Å²) in [5.74, 6) is -1.99. The van der Waals surface area contributed by atoms with Crippen LogP contribution < -0.4 is 11.1 Å². The van der Waals surface area contributed by atoms with Crippen molar-refractivity contribution in [1.82, 2.24) is 10.2 Å².